The van der Waals surface area contributed by atoms with Gasteiger partial charge in [0.25, 0.3) is 0 Å². The van der Waals surface area contributed by atoms with Crippen LogP contribution < -0.4 is 16.4 Å². The molecule has 29 heteroatoms. The zero-order valence-electron chi connectivity index (χ0n) is 36.1. The Morgan fingerprint density at radius 3 is 2.14 bits per heavy atom. The third-order valence-electron chi connectivity index (χ3n) is 9.75. The molecular formula is C35H64N7O18P3S. The van der Waals surface area contributed by atoms with Crippen molar-refractivity contribution in [1.29, 1.82) is 0 Å². The van der Waals surface area contributed by atoms with Gasteiger partial charge in [-0.15, -0.1) is 0 Å². The van der Waals surface area contributed by atoms with Crippen molar-refractivity contribution in [2.45, 2.75) is 135 Å². The molecule has 1 aliphatic heterocycles. The topological polar surface area (TPSA) is 395 Å². The summed E-state index contributed by atoms with van der Waals surface area (Å²) in [5.74, 6) is -1.02. The van der Waals surface area contributed by atoms with Crippen LogP contribution in [0.3, 0.4) is 0 Å². The van der Waals surface area contributed by atoms with Gasteiger partial charge in [-0.05, 0) is 6.42 Å². The summed E-state index contributed by atoms with van der Waals surface area (Å²) in [6, 6.07) is 0. The summed E-state index contributed by atoms with van der Waals surface area (Å²) >= 11 is 1.15. The molecule has 2 aromatic heterocycles. The van der Waals surface area contributed by atoms with E-state index >= 15 is 0 Å². The molecule has 0 aromatic carbocycles. The summed E-state index contributed by atoms with van der Waals surface area (Å²) in [5, 5.41) is 26.6. The number of nitrogen functional groups attached to an aromatic ring is 1. The molecule has 7 atom stereocenters. The maximum atomic E-state index is 12.7. The summed E-state index contributed by atoms with van der Waals surface area (Å²) in [6.07, 6.45) is 6.75. The summed E-state index contributed by atoms with van der Waals surface area (Å²) in [5.41, 5.74) is 4.29. The molecule has 0 aliphatic carbocycles. The third kappa shape index (κ3) is 20.2. The normalized spacial score (nSPS) is 20.3. The lowest BCUT2D eigenvalue weighted by Crippen LogP contribution is -2.46. The van der Waals surface area contributed by atoms with Gasteiger partial charge in [-0.1, -0.05) is 96.7 Å². The van der Waals surface area contributed by atoms with Crippen molar-refractivity contribution in [3.8, 4) is 0 Å². The molecule has 0 radical (unpaired) electrons. The van der Waals surface area contributed by atoms with Crippen molar-refractivity contribution in [3.05, 3.63) is 12.7 Å². The fourth-order valence-electron chi connectivity index (χ4n) is 6.30. The van der Waals surface area contributed by atoms with E-state index in [4.69, 9.17) is 19.5 Å². The number of ether oxygens (including phenoxy) is 1. The highest BCUT2D eigenvalue weighted by Crippen LogP contribution is 2.61. The highest BCUT2D eigenvalue weighted by Gasteiger charge is 2.50. The summed E-state index contributed by atoms with van der Waals surface area (Å²) in [4.78, 5) is 88.2. The number of phosphoric acid groups is 3. The first-order valence-corrected chi connectivity index (χ1v) is 26.1. The Hall–Kier alpha value is -2.48. The van der Waals surface area contributed by atoms with Crippen LogP contribution in [0.1, 0.15) is 110 Å². The minimum Gasteiger partial charge on any atom is -0.412 e. The van der Waals surface area contributed by atoms with E-state index in [1.807, 2.05) is 0 Å². The molecule has 64 heavy (non-hydrogen) atoms. The smallest absolute Gasteiger partial charge is 0.412 e. The van der Waals surface area contributed by atoms with Gasteiger partial charge in [0.05, 0.1) is 19.5 Å². The molecule has 1 saturated heterocycles. The fraction of sp³-hybridized carbons (Fsp3) is 0.771. The number of nitrogens with two attached hydrogens (primary N) is 1. The standard InChI is InChI=1S/C35H62N7O17P3S.H2O/c1-4-5-6-7-8-9-10-11-12-13-14-15-26(44)63-19-18-37-25(43)16-17-38-33(47)30(46)35(2,3)21-56-62(53,54)59-61(51,52)55-20-24-29(58-60(48,49)50)28(45)34(57-24)42-23-41-27-31(36)39-22-40-32(27)42;/h22-24,28-30,34,45-46H,4-21H2,1-3H3,(H,37,43)(H,38,47)(H,51,52)(H,53,54)(H2,36,39,40)(H2,48,49,50);1H2/t24-,28-,29-,30+,34-;/m1./s1. The number of nitrogens with zero attached hydrogens (tertiary/aromatic N) is 4. The highest BCUT2D eigenvalue weighted by molar-refractivity contribution is 8.13. The maximum absolute atomic E-state index is 12.7. The molecule has 2 unspecified atom stereocenters. The van der Waals surface area contributed by atoms with Crippen molar-refractivity contribution >= 4 is 69.1 Å². The molecule has 2 amide bonds. The van der Waals surface area contributed by atoms with Crippen molar-refractivity contribution in [3.63, 3.8) is 0 Å². The predicted molar refractivity (Wildman–Crippen MR) is 232 cm³/mol. The second kappa shape index (κ2) is 27.4. The van der Waals surface area contributed by atoms with Crippen LogP contribution in [-0.2, 0) is 50.7 Å². The van der Waals surface area contributed by atoms with Crippen LogP contribution in [0.4, 0.5) is 5.82 Å². The Bertz CT molecular complexity index is 1930. The van der Waals surface area contributed by atoms with Crippen LogP contribution in [0.5, 0.6) is 0 Å². The number of amides is 2. The van der Waals surface area contributed by atoms with E-state index in [1.54, 1.807) is 0 Å². The number of anilines is 1. The third-order valence-corrected chi connectivity index (χ3v) is 13.8. The highest BCUT2D eigenvalue weighted by atomic mass is 32.2. The number of rotatable bonds is 31. The molecule has 3 heterocycles. The van der Waals surface area contributed by atoms with E-state index in [0.717, 1.165) is 48.2 Å². The molecule has 368 valence electrons. The summed E-state index contributed by atoms with van der Waals surface area (Å²) < 4.78 is 62.3. The van der Waals surface area contributed by atoms with Gasteiger partial charge in [0, 0.05) is 37.1 Å². The summed E-state index contributed by atoms with van der Waals surface area (Å²) in [7, 11) is -16.4. The SMILES string of the molecule is CCCCCCCCCCCCCC(=O)SCCNC(=O)CCNC(=O)[C@H](O)C(C)(C)COP(=O)(O)OP(=O)(O)OC[C@H]1O[C@@H](n2cnc3c(N)ncnc32)[C@H](O)[C@@H]1OP(=O)(O)O.O. The Balaban J connectivity index is 0.0000141. The molecule has 0 bridgehead atoms. The van der Waals surface area contributed by atoms with Crippen LogP contribution in [-0.4, -0.2) is 128 Å². The molecular weight excluding hydrogens is 931 g/mol. The number of hydrogen-bond donors (Lipinski definition) is 9. The van der Waals surface area contributed by atoms with Gasteiger partial charge < -0.3 is 56.4 Å². The molecule has 2 aromatic rings. The first-order chi connectivity index (χ1) is 29.6. The quantitative estimate of drug-likeness (QED) is 0.0387. The minimum absolute atomic E-state index is 0. The van der Waals surface area contributed by atoms with Crippen molar-refractivity contribution in [1.82, 2.24) is 30.2 Å². The van der Waals surface area contributed by atoms with Gasteiger partial charge in [-0.3, -0.25) is 32.5 Å². The van der Waals surface area contributed by atoms with Crippen molar-refractivity contribution < 1.29 is 86.0 Å². The Morgan fingerprint density at radius 2 is 1.52 bits per heavy atom. The molecule has 1 fully saturated rings. The van der Waals surface area contributed by atoms with Gasteiger partial charge in [0.15, 0.2) is 22.8 Å². The Morgan fingerprint density at radius 1 is 0.906 bits per heavy atom. The molecule has 25 nitrogen and oxygen atoms in total. The van der Waals surface area contributed by atoms with Crippen LogP contribution >= 0.6 is 35.2 Å². The average molecular weight is 996 g/mol. The van der Waals surface area contributed by atoms with Gasteiger partial charge in [0.1, 0.15) is 36.3 Å². The first-order valence-electron chi connectivity index (χ1n) is 20.6. The minimum atomic E-state index is -5.57. The summed E-state index contributed by atoms with van der Waals surface area (Å²) in [6.45, 7) is 2.79. The Labute approximate surface area is 375 Å². The number of hydrogen-bond acceptors (Lipinski definition) is 18. The van der Waals surface area contributed by atoms with E-state index in [9.17, 15) is 57.9 Å². The number of nitrogens with one attached hydrogen (secondary N) is 2. The second-order valence-electron chi connectivity index (χ2n) is 15.6. The monoisotopic (exact) mass is 995 g/mol. The van der Waals surface area contributed by atoms with Crippen LogP contribution in [0.2, 0.25) is 0 Å². The van der Waals surface area contributed by atoms with E-state index in [2.05, 4.69) is 41.3 Å². The second-order valence-corrected chi connectivity index (χ2v) is 21.0. The number of aliphatic hydroxyl groups excluding tert-OH is 2. The lowest BCUT2D eigenvalue weighted by Gasteiger charge is -2.30. The number of aromatic nitrogens is 4. The van der Waals surface area contributed by atoms with Gasteiger partial charge in [0.2, 0.25) is 11.8 Å². The number of imidazole rings is 1. The molecule has 12 N–H and O–H groups in total. The zero-order chi connectivity index (χ0) is 46.8. The number of phosphoric ester groups is 3. The number of fused-ring (bicyclic) bond motifs is 1. The van der Waals surface area contributed by atoms with E-state index in [-0.39, 0.29) is 47.1 Å². The van der Waals surface area contributed by atoms with Crippen LogP contribution in [0.15, 0.2) is 12.7 Å². The zero-order valence-corrected chi connectivity index (χ0v) is 39.6. The number of carbonyl (C=O) groups excluding carboxylic acids is 3. The van der Waals surface area contributed by atoms with Gasteiger partial charge >= 0.3 is 23.5 Å². The van der Waals surface area contributed by atoms with E-state index in [0.29, 0.717) is 12.2 Å². The number of aliphatic hydroxyl groups is 2. The molecule has 1 aliphatic rings. The predicted octanol–water partition coefficient (Wildman–Crippen LogP) is 2.54. The van der Waals surface area contributed by atoms with E-state index < -0.39 is 84.6 Å². The number of thioether (sulfide) groups is 1. The lowest BCUT2D eigenvalue weighted by atomic mass is 9.87. The average Bonchev–Trinajstić information content (AvgIpc) is 3.76. The molecule has 3 rings (SSSR count). The first kappa shape index (κ1) is 57.6. The molecule has 0 saturated carbocycles. The number of unbranched alkanes of at least 4 members (excludes halogenated alkanes) is 10. The fourth-order valence-corrected chi connectivity index (χ4v) is 9.85. The maximum Gasteiger partial charge on any atom is 0.481 e. The van der Waals surface area contributed by atoms with Crippen LogP contribution in [0.25, 0.3) is 11.2 Å². The van der Waals surface area contributed by atoms with Gasteiger partial charge in [-0.25, -0.2) is 28.6 Å². The van der Waals surface area contributed by atoms with Crippen molar-refractivity contribution in [2.24, 2.45) is 5.41 Å². The largest absolute Gasteiger partial charge is 0.481 e. The molecule has 0 spiro atoms. The number of carbonyl (C=O) groups is 3. The van der Waals surface area contributed by atoms with Crippen LogP contribution in [0, 0.1) is 5.41 Å². The lowest BCUT2D eigenvalue weighted by molar-refractivity contribution is -0.137. The van der Waals surface area contributed by atoms with E-state index in [1.165, 1.54) is 65.2 Å². The Kier molecular flexibility index (Phi) is 24.6. The van der Waals surface area contributed by atoms with Gasteiger partial charge in [-0.2, -0.15) is 4.31 Å². The van der Waals surface area contributed by atoms with Crippen molar-refractivity contribution in [2.75, 3.05) is 37.8 Å².